The predicted molar refractivity (Wildman–Crippen MR) is 48.9 cm³/mol. The van der Waals surface area contributed by atoms with Crippen LogP contribution in [0.4, 0.5) is 4.39 Å². The number of ether oxygens (including phenoxy) is 2. The summed E-state index contributed by atoms with van der Waals surface area (Å²) in [5.74, 6) is -1.50. The van der Waals surface area contributed by atoms with E-state index in [9.17, 15) is 4.39 Å². The number of methoxy groups -OCH3 is 2. The first-order valence-corrected chi connectivity index (χ1v) is 4.11. The SMILES string of the molecule is COC(CN)(OC)c1ccc(F)cn1. The quantitative estimate of drug-likeness (QED) is 0.724. The van der Waals surface area contributed by atoms with Crippen molar-refractivity contribution in [1.82, 2.24) is 4.98 Å². The molecule has 5 heteroatoms. The maximum atomic E-state index is 12.6. The number of nitrogens with zero attached hydrogens (tertiary/aromatic N) is 1. The van der Waals surface area contributed by atoms with Gasteiger partial charge in [-0.1, -0.05) is 0 Å². The van der Waals surface area contributed by atoms with Crippen LogP contribution in [0, 0.1) is 5.82 Å². The van der Waals surface area contributed by atoms with Gasteiger partial charge in [-0.2, -0.15) is 0 Å². The van der Waals surface area contributed by atoms with Crippen molar-refractivity contribution in [2.45, 2.75) is 5.79 Å². The van der Waals surface area contributed by atoms with E-state index in [-0.39, 0.29) is 6.54 Å². The third-order valence-corrected chi connectivity index (χ3v) is 2.05. The lowest BCUT2D eigenvalue weighted by atomic mass is 10.1. The van der Waals surface area contributed by atoms with Gasteiger partial charge in [-0.3, -0.25) is 4.98 Å². The smallest absolute Gasteiger partial charge is 0.224 e. The minimum absolute atomic E-state index is 0.110. The van der Waals surface area contributed by atoms with E-state index in [1.54, 1.807) is 0 Å². The molecule has 14 heavy (non-hydrogen) atoms. The van der Waals surface area contributed by atoms with Crippen molar-refractivity contribution >= 4 is 0 Å². The Hall–Kier alpha value is -1.04. The number of halogens is 1. The van der Waals surface area contributed by atoms with E-state index in [2.05, 4.69) is 4.98 Å². The molecule has 0 fully saturated rings. The van der Waals surface area contributed by atoms with Crippen molar-refractivity contribution in [3.63, 3.8) is 0 Å². The van der Waals surface area contributed by atoms with Crippen molar-refractivity contribution in [2.24, 2.45) is 5.73 Å². The van der Waals surface area contributed by atoms with Crippen LogP contribution in [0.15, 0.2) is 18.3 Å². The van der Waals surface area contributed by atoms with Gasteiger partial charge in [0.05, 0.1) is 12.7 Å². The molecule has 0 atom stereocenters. The van der Waals surface area contributed by atoms with E-state index in [1.165, 1.54) is 26.4 Å². The van der Waals surface area contributed by atoms with Gasteiger partial charge in [0.1, 0.15) is 11.5 Å². The first-order valence-electron chi connectivity index (χ1n) is 4.11. The normalized spacial score (nSPS) is 11.7. The molecule has 0 spiro atoms. The molecule has 4 nitrogen and oxygen atoms in total. The Labute approximate surface area is 81.8 Å². The molecule has 0 aliphatic carbocycles. The first-order chi connectivity index (χ1) is 6.68. The van der Waals surface area contributed by atoms with Gasteiger partial charge >= 0.3 is 0 Å². The van der Waals surface area contributed by atoms with Gasteiger partial charge in [0.2, 0.25) is 5.79 Å². The summed E-state index contributed by atoms with van der Waals surface area (Å²) in [6.07, 6.45) is 1.10. The average molecular weight is 200 g/mol. The Morgan fingerprint density at radius 3 is 2.43 bits per heavy atom. The lowest BCUT2D eigenvalue weighted by Gasteiger charge is -2.28. The van der Waals surface area contributed by atoms with Gasteiger partial charge in [0.25, 0.3) is 0 Å². The second-order valence-electron chi connectivity index (χ2n) is 2.73. The zero-order chi connectivity index (χ0) is 10.6. The zero-order valence-corrected chi connectivity index (χ0v) is 8.16. The van der Waals surface area contributed by atoms with Crippen molar-refractivity contribution in [3.8, 4) is 0 Å². The van der Waals surface area contributed by atoms with Crippen LogP contribution in [0.25, 0.3) is 0 Å². The highest BCUT2D eigenvalue weighted by atomic mass is 19.1. The molecule has 0 bridgehead atoms. The summed E-state index contributed by atoms with van der Waals surface area (Å²) in [6, 6.07) is 2.76. The van der Waals surface area contributed by atoms with Crippen molar-refractivity contribution in [2.75, 3.05) is 20.8 Å². The standard InChI is InChI=1S/C9H13FN2O2/c1-13-9(6-11,14-2)8-4-3-7(10)5-12-8/h3-5H,6,11H2,1-2H3. The van der Waals surface area contributed by atoms with Gasteiger partial charge in [-0.15, -0.1) is 0 Å². The second-order valence-corrected chi connectivity index (χ2v) is 2.73. The number of aromatic nitrogens is 1. The predicted octanol–water partition coefficient (Wildman–Crippen LogP) is 0.625. The summed E-state index contributed by atoms with van der Waals surface area (Å²) in [5.41, 5.74) is 5.97. The highest BCUT2D eigenvalue weighted by Gasteiger charge is 2.31. The highest BCUT2D eigenvalue weighted by Crippen LogP contribution is 2.22. The van der Waals surface area contributed by atoms with Crippen LogP contribution >= 0.6 is 0 Å². The Bertz CT molecular complexity index is 277. The summed E-state index contributed by atoms with van der Waals surface area (Å²) in [5, 5.41) is 0. The monoisotopic (exact) mass is 200 g/mol. The minimum Gasteiger partial charge on any atom is -0.347 e. The second kappa shape index (κ2) is 4.45. The summed E-state index contributed by atoms with van der Waals surface area (Å²) in [4.78, 5) is 3.86. The third-order valence-electron chi connectivity index (χ3n) is 2.05. The molecule has 0 amide bonds. The summed E-state index contributed by atoms with van der Waals surface area (Å²) >= 11 is 0. The lowest BCUT2D eigenvalue weighted by molar-refractivity contribution is -0.210. The van der Waals surface area contributed by atoms with Gasteiger partial charge < -0.3 is 15.2 Å². The van der Waals surface area contributed by atoms with E-state index in [0.717, 1.165) is 6.20 Å². The number of nitrogens with two attached hydrogens (primary N) is 1. The first kappa shape index (κ1) is 11.0. The van der Waals surface area contributed by atoms with Gasteiger partial charge in [-0.25, -0.2) is 4.39 Å². The minimum atomic E-state index is -1.09. The van der Waals surface area contributed by atoms with Gasteiger partial charge in [0, 0.05) is 14.2 Å². The molecule has 0 unspecified atom stereocenters. The Balaban J connectivity index is 3.05. The molecule has 1 aromatic rings. The molecule has 0 radical (unpaired) electrons. The maximum Gasteiger partial charge on any atom is 0.224 e. The molecule has 2 N–H and O–H groups in total. The molecular weight excluding hydrogens is 187 g/mol. The summed E-state index contributed by atoms with van der Waals surface area (Å²) < 4.78 is 22.9. The molecule has 0 aromatic carbocycles. The van der Waals surface area contributed by atoms with Crippen LogP contribution in [-0.4, -0.2) is 25.7 Å². The van der Waals surface area contributed by atoms with Crippen LogP contribution in [0.5, 0.6) is 0 Å². The van der Waals surface area contributed by atoms with Crippen LogP contribution in [0.1, 0.15) is 5.69 Å². The zero-order valence-electron chi connectivity index (χ0n) is 8.16. The third kappa shape index (κ3) is 1.89. The van der Waals surface area contributed by atoms with E-state index in [4.69, 9.17) is 15.2 Å². The molecule has 78 valence electrons. The van der Waals surface area contributed by atoms with Crippen molar-refractivity contribution < 1.29 is 13.9 Å². The van der Waals surface area contributed by atoms with E-state index < -0.39 is 11.6 Å². The Morgan fingerprint density at radius 1 is 1.43 bits per heavy atom. The van der Waals surface area contributed by atoms with E-state index in [0.29, 0.717) is 5.69 Å². The van der Waals surface area contributed by atoms with Crippen LogP contribution in [0.2, 0.25) is 0 Å². The van der Waals surface area contributed by atoms with Crippen LogP contribution in [-0.2, 0) is 15.3 Å². The molecule has 0 saturated heterocycles. The fourth-order valence-electron chi connectivity index (χ4n) is 1.16. The molecule has 0 aliphatic heterocycles. The van der Waals surface area contributed by atoms with Crippen molar-refractivity contribution in [1.29, 1.82) is 0 Å². The van der Waals surface area contributed by atoms with E-state index >= 15 is 0 Å². The molecule has 1 heterocycles. The fourth-order valence-corrected chi connectivity index (χ4v) is 1.16. The van der Waals surface area contributed by atoms with Crippen LogP contribution in [0.3, 0.4) is 0 Å². The van der Waals surface area contributed by atoms with Gasteiger partial charge in [0.15, 0.2) is 0 Å². The van der Waals surface area contributed by atoms with E-state index in [1.807, 2.05) is 0 Å². The van der Waals surface area contributed by atoms with Gasteiger partial charge in [-0.05, 0) is 12.1 Å². The molecule has 1 rings (SSSR count). The Morgan fingerprint density at radius 2 is 2.07 bits per heavy atom. The van der Waals surface area contributed by atoms with Crippen LogP contribution < -0.4 is 5.73 Å². The Kier molecular flexibility index (Phi) is 3.51. The molecule has 0 saturated carbocycles. The molecule has 1 aromatic heterocycles. The number of hydrogen-bond donors (Lipinski definition) is 1. The number of pyridine rings is 1. The lowest BCUT2D eigenvalue weighted by Crippen LogP contribution is -2.39. The largest absolute Gasteiger partial charge is 0.347 e. The van der Waals surface area contributed by atoms with Crippen molar-refractivity contribution in [3.05, 3.63) is 29.8 Å². The average Bonchev–Trinajstić information content (AvgIpc) is 2.24. The summed E-state index contributed by atoms with van der Waals surface area (Å²) in [7, 11) is 2.92. The highest BCUT2D eigenvalue weighted by molar-refractivity contribution is 5.11. The number of hydrogen-bond acceptors (Lipinski definition) is 4. The molecule has 0 aliphatic rings. The molecular formula is C9H13FN2O2. The fraction of sp³-hybridized carbons (Fsp3) is 0.444. The number of rotatable bonds is 4. The summed E-state index contributed by atoms with van der Waals surface area (Å²) in [6.45, 7) is 0.110. The maximum absolute atomic E-state index is 12.6. The topological polar surface area (TPSA) is 57.4 Å².